The molecule has 0 radical (unpaired) electrons. The molecule has 1 aromatic carbocycles. The number of pyridine rings is 1. The first kappa shape index (κ1) is 11.6. The predicted molar refractivity (Wildman–Crippen MR) is 73.0 cm³/mol. The number of hydrogen-bond donors (Lipinski definition) is 0. The SMILES string of the molecule is Cn1nc(C(=O)Cc2ccccn2)c2ccccc21. The third-order valence-electron chi connectivity index (χ3n) is 3.09. The van der Waals surface area contributed by atoms with Gasteiger partial charge in [0.05, 0.1) is 11.9 Å². The largest absolute Gasteiger partial charge is 0.292 e. The summed E-state index contributed by atoms with van der Waals surface area (Å²) in [4.78, 5) is 16.5. The molecule has 0 unspecified atom stereocenters. The summed E-state index contributed by atoms with van der Waals surface area (Å²) in [6.45, 7) is 0. The van der Waals surface area contributed by atoms with Crippen molar-refractivity contribution < 1.29 is 4.79 Å². The van der Waals surface area contributed by atoms with Crippen LogP contribution in [-0.4, -0.2) is 20.5 Å². The Hall–Kier alpha value is -2.49. The quantitative estimate of drug-likeness (QED) is 0.671. The Morgan fingerprint density at radius 3 is 2.74 bits per heavy atom. The zero-order valence-corrected chi connectivity index (χ0v) is 10.6. The van der Waals surface area contributed by atoms with Crippen LogP contribution in [0.2, 0.25) is 0 Å². The van der Waals surface area contributed by atoms with Gasteiger partial charge in [-0.2, -0.15) is 5.10 Å². The van der Waals surface area contributed by atoms with Gasteiger partial charge < -0.3 is 0 Å². The molecule has 94 valence electrons. The number of ketones is 1. The number of para-hydroxylation sites is 1. The highest BCUT2D eigenvalue weighted by Gasteiger charge is 2.16. The topological polar surface area (TPSA) is 47.8 Å². The van der Waals surface area contributed by atoms with E-state index in [4.69, 9.17) is 0 Å². The smallest absolute Gasteiger partial charge is 0.189 e. The van der Waals surface area contributed by atoms with Gasteiger partial charge in [0.2, 0.25) is 0 Å². The van der Waals surface area contributed by atoms with Crippen LogP contribution in [0.15, 0.2) is 48.7 Å². The summed E-state index contributed by atoms with van der Waals surface area (Å²) < 4.78 is 1.74. The Labute approximate surface area is 110 Å². The predicted octanol–water partition coefficient (Wildman–Crippen LogP) is 2.39. The van der Waals surface area contributed by atoms with Crippen molar-refractivity contribution >= 4 is 16.7 Å². The van der Waals surface area contributed by atoms with E-state index in [2.05, 4.69) is 10.1 Å². The molecule has 0 bridgehead atoms. The van der Waals surface area contributed by atoms with Gasteiger partial charge in [0.15, 0.2) is 5.78 Å². The molecule has 19 heavy (non-hydrogen) atoms. The number of nitrogens with zero attached hydrogens (tertiary/aromatic N) is 3. The molecule has 0 fully saturated rings. The van der Waals surface area contributed by atoms with Crippen molar-refractivity contribution in [3.63, 3.8) is 0 Å². The van der Waals surface area contributed by atoms with Gasteiger partial charge in [0, 0.05) is 24.3 Å². The van der Waals surface area contributed by atoms with Gasteiger partial charge in [-0.25, -0.2) is 0 Å². The minimum atomic E-state index is -0.00417. The standard InChI is InChI=1S/C15H13N3O/c1-18-13-8-3-2-7-12(13)15(17-18)14(19)10-11-6-4-5-9-16-11/h2-9H,10H2,1H3. The average molecular weight is 251 g/mol. The lowest BCUT2D eigenvalue weighted by atomic mass is 10.1. The number of aromatic nitrogens is 3. The number of rotatable bonds is 3. The molecule has 0 amide bonds. The molecule has 0 N–H and O–H groups in total. The summed E-state index contributed by atoms with van der Waals surface area (Å²) in [6, 6.07) is 13.3. The van der Waals surface area contributed by atoms with Crippen molar-refractivity contribution in [1.29, 1.82) is 0 Å². The van der Waals surface area contributed by atoms with E-state index in [9.17, 15) is 4.79 Å². The Morgan fingerprint density at radius 1 is 1.16 bits per heavy atom. The fourth-order valence-corrected chi connectivity index (χ4v) is 2.17. The fourth-order valence-electron chi connectivity index (χ4n) is 2.17. The van der Waals surface area contributed by atoms with E-state index in [1.165, 1.54) is 0 Å². The minimum Gasteiger partial charge on any atom is -0.292 e. The molecule has 0 saturated carbocycles. The van der Waals surface area contributed by atoms with E-state index in [1.54, 1.807) is 10.9 Å². The number of Topliss-reactive ketones (excluding diaryl/α,β-unsaturated/α-hetero) is 1. The lowest BCUT2D eigenvalue weighted by Crippen LogP contribution is -2.06. The van der Waals surface area contributed by atoms with Gasteiger partial charge in [-0.05, 0) is 18.2 Å². The normalized spacial score (nSPS) is 10.8. The molecule has 2 aromatic heterocycles. The van der Waals surface area contributed by atoms with Crippen LogP contribution in [0.4, 0.5) is 0 Å². The van der Waals surface area contributed by atoms with Gasteiger partial charge in [-0.3, -0.25) is 14.5 Å². The third-order valence-corrected chi connectivity index (χ3v) is 3.09. The second-order valence-corrected chi connectivity index (χ2v) is 4.41. The van der Waals surface area contributed by atoms with Crippen LogP contribution < -0.4 is 0 Å². The number of hydrogen-bond acceptors (Lipinski definition) is 3. The minimum absolute atomic E-state index is 0.00417. The first-order valence-electron chi connectivity index (χ1n) is 6.10. The van der Waals surface area contributed by atoms with E-state index < -0.39 is 0 Å². The van der Waals surface area contributed by atoms with Gasteiger partial charge in [-0.15, -0.1) is 0 Å². The maximum Gasteiger partial charge on any atom is 0.189 e. The van der Waals surface area contributed by atoms with E-state index in [0.717, 1.165) is 16.6 Å². The maximum absolute atomic E-state index is 12.3. The van der Waals surface area contributed by atoms with Gasteiger partial charge in [-0.1, -0.05) is 24.3 Å². The summed E-state index contributed by atoms with van der Waals surface area (Å²) in [5, 5.41) is 5.22. The highest BCUT2D eigenvalue weighted by molar-refractivity contribution is 6.06. The summed E-state index contributed by atoms with van der Waals surface area (Å²) >= 11 is 0. The summed E-state index contributed by atoms with van der Waals surface area (Å²) in [6.07, 6.45) is 1.97. The van der Waals surface area contributed by atoms with Crippen molar-refractivity contribution in [3.05, 3.63) is 60.0 Å². The summed E-state index contributed by atoms with van der Waals surface area (Å²) in [7, 11) is 1.85. The van der Waals surface area contributed by atoms with Gasteiger partial charge in [0.1, 0.15) is 5.69 Å². The lowest BCUT2D eigenvalue weighted by molar-refractivity contribution is 0.0988. The molecule has 4 nitrogen and oxygen atoms in total. The average Bonchev–Trinajstić information content (AvgIpc) is 2.78. The Balaban J connectivity index is 1.98. The van der Waals surface area contributed by atoms with Crippen LogP contribution in [0, 0.1) is 0 Å². The molecule has 4 heteroatoms. The third kappa shape index (κ3) is 2.12. The summed E-state index contributed by atoms with van der Waals surface area (Å²) in [5.74, 6) is -0.00417. The number of fused-ring (bicyclic) bond motifs is 1. The molecule has 0 aliphatic carbocycles. The van der Waals surface area contributed by atoms with Gasteiger partial charge >= 0.3 is 0 Å². The van der Waals surface area contributed by atoms with Crippen LogP contribution in [0.25, 0.3) is 10.9 Å². The Bertz CT molecular complexity index is 731. The molecular weight excluding hydrogens is 238 g/mol. The second kappa shape index (κ2) is 4.65. The summed E-state index contributed by atoms with van der Waals surface area (Å²) in [5.41, 5.74) is 2.25. The van der Waals surface area contributed by atoms with Crippen molar-refractivity contribution in [2.24, 2.45) is 7.05 Å². The van der Waals surface area contributed by atoms with Crippen molar-refractivity contribution in [3.8, 4) is 0 Å². The number of carbonyl (C=O) groups excluding carboxylic acids is 1. The first-order chi connectivity index (χ1) is 9.25. The van der Waals surface area contributed by atoms with E-state index >= 15 is 0 Å². The van der Waals surface area contributed by atoms with Crippen LogP contribution in [0.1, 0.15) is 16.2 Å². The van der Waals surface area contributed by atoms with E-state index in [-0.39, 0.29) is 12.2 Å². The number of aryl methyl sites for hydroxylation is 1. The fraction of sp³-hybridized carbons (Fsp3) is 0.133. The Kier molecular flexibility index (Phi) is 2.83. The molecule has 3 aromatic rings. The molecule has 0 aliphatic heterocycles. The Morgan fingerprint density at radius 2 is 1.95 bits per heavy atom. The van der Waals surface area contributed by atoms with Crippen molar-refractivity contribution in [2.75, 3.05) is 0 Å². The van der Waals surface area contributed by atoms with Crippen molar-refractivity contribution in [2.45, 2.75) is 6.42 Å². The van der Waals surface area contributed by atoms with Crippen LogP contribution in [0.3, 0.4) is 0 Å². The molecule has 0 saturated heterocycles. The number of benzene rings is 1. The molecule has 0 aliphatic rings. The first-order valence-corrected chi connectivity index (χ1v) is 6.10. The monoisotopic (exact) mass is 251 g/mol. The number of carbonyl (C=O) groups is 1. The maximum atomic E-state index is 12.3. The van der Waals surface area contributed by atoms with Crippen LogP contribution in [-0.2, 0) is 13.5 Å². The molecular formula is C15H13N3O. The lowest BCUT2D eigenvalue weighted by Gasteiger charge is -1.97. The second-order valence-electron chi connectivity index (χ2n) is 4.41. The molecule has 0 atom stereocenters. The molecule has 3 rings (SSSR count). The van der Waals surface area contributed by atoms with Crippen LogP contribution in [0.5, 0.6) is 0 Å². The highest BCUT2D eigenvalue weighted by atomic mass is 16.1. The zero-order valence-electron chi connectivity index (χ0n) is 10.6. The van der Waals surface area contributed by atoms with Crippen LogP contribution >= 0.6 is 0 Å². The van der Waals surface area contributed by atoms with Crippen molar-refractivity contribution in [1.82, 2.24) is 14.8 Å². The highest BCUT2D eigenvalue weighted by Crippen LogP contribution is 2.18. The van der Waals surface area contributed by atoms with E-state index in [0.29, 0.717) is 5.69 Å². The van der Waals surface area contributed by atoms with E-state index in [1.807, 2.05) is 49.5 Å². The molecule has 2 heterocycles. The van der Waals surface area contributed by atoms with Gasteiger partial charge in [0.25, 0.3) is 0 Å². The molecule has 0 spiro atoms. The zero-order chi connectivity index (χ0) is 13.2.